The SMILES string of the molecule is CC(C)=CCc1cc(O)ccc1O[C@@H]1O[C@H](CO)[C@@H](OC(=O)/C=C/c2ccc(O)c(O)c2)[C@H](O)[C@H]1O. The Labute approximate surface area is 207 Å². The van der Waals surface area contributed by atoms with Crippen LogP contribution in [0.15, 0.2) is 54.1 Å². The fraction of sp³-hybridized carbons (Fsp3) is 0.346. The monoisotopic (exact) mass is 502 g/mol. The lowest BCUT2D eigenvalue weighted by atomic mass is 9.99. The topological polar surface area (TPSA) is 166 Å². The van der Waals surface area contributed by atoms with Gasteiger partial charge in [-0.25, -0.2) is 4.79 Å². The van der Waals surface area contributed by atoms with Gasteiger partial charge >= 0.3 is 5.97 Å². The number of esters is 1. The summed E-state index contributed by atoms with van der Waals surface area (Å²) in [5.74, 6) is -1.25. The summed E-state index contributed by atoms with van der Waals surface area (Å²) >= 11 is 0. The zero-order chi connectivity index (χ0) is 26.4. The minimum absolute atomic E-state index is 0.0282. The Morgan fingerprint density at radius 1 is 1.03 bits per heavy atom. The summed E-state index contributed by atoms with van der Waals surface area (Å²) in [7, 11) is 0. The van der Waals surface area contributed by atoms with Gasteiger partial charge in [-0.05, 0) is 62.2 Å². The molecular formula is C26H30O10. The third kappa shape index (κ3) is 6.76. The predicted molar refractivity (Wildman–Crippen MR) is 128 cm³/mol. The van der Waals surface area contributed by atoms with Crippen LogP contribution in [0.1, 0.15) is 25.0 Å². The van der Waals surface area contributed by atoms with Gasteiger partial charge in [-0.1, -0.05) is 17.7 Å². The summed E-state index contributed by atoms with van der Waals surface area (Å²) in [6.45, 7) is 3.20. The molecule has 10 heteroatoms. The van der Waals surface area contributed by atoms with E-state index in [9.17, 15) is 35.4 Å². The molecule has 0 bridgehead atoms. The number of hydrogen-bond acceptors (Lipinski definition) is 10. The Bertz CT molecular complexity index is 1120. The molecule has 36 heavy (non-hydrogen) atoms. The molecule has 1 aliphatic rings. The third-order valence-corrected chi connectivity index (χ3v) is 5.50. The fourth-order valence-corrected chi connectivity index (χ4v) is 3.56. The summed E-state index contributed by atoms with van der Waals surface area (Å²) in [6.07, 6.45) is -2.58. The number of aromatic hydroxyl groups is 3. The Morgan fingerprint density at radius 3 is 2.44 bits per heavy atom. The number of allylic oxidation sites excluding steroid dienone is 2. The minimum atomic E-state index is -1.64. The molecule has 5 atom stereocenters. The molecule has 0 saturated carbocycles. The fourth-order valence-electron chi connectivity index (χ4n) is 3.56. The van der Waals surface area contributed by atoms with Crippen molar-refractivity contribution in [3.63, 3.8) is 0 Å². The maximum atomic E-state index is 12.3. The van der Waals surface area contributed by atoms with Crippen LogP contribution in [-0.4, -0.2) is 73.9 Å². The molecule has 1 saturated heterocycles. The highest BCUT2D eigenvalue weighted by atomic mass is 16.7. The number of carbonyl (C=O) groups excluding carboxylic acids is 1. The number of benzene rings is 2. The van der Waals surface area contributed by atoms with E-state index in [0.29, 0.717) is 23.3 Å². The second-order valence-corrected chi connectivity index (χ2v) is 8.59. The van der Waals surface area contributed by atoms with Gasteiger partial charge in [-0.15, -0.1) is 0 Å². The van der Waals surface area contributed by atoms with E-state index in [2.05, 4.69) is 0 Å². The van der Waals surface area contributed by atoms with Crippen LogP contribution >= 0.6 is 0 Å². The zero-order valence-electron chi connectivity index (χ0n) is 19.8. The Balaban J connectivity index is 1.71. The van der Waals surface area contributed by atoms with E-state index in [4.69, 9.17) is 14.2 Å². The predicted octanol–water partition coefficient (Wildman–Crippen LogP) is 1.76. The van der Waals surface area contributed by atoms with Gasteiger partial charge in [0, 0.05) is 11.6 Å². The van der Waals surface area contributed by atoms with Crippen LogP contribution in [0.3, 0.4) is 0 Å². The molecule has 0 spiro atoms. The van der Waals surface area contributed by atoms with Gasteiger partial charge in [0.15, 0.2) is 17.6 Å². The molecule has 2 aromatic carbocycles. The average molecular weight is 503 g/mol. The molecule has 0 unspecified atom stereocenters. The van der Waals surface area contributed by atoms with E-state index in [1.54, 1.807) is 0 Å². The molecule has 10 nitrogen and oxygen atoms in total. The van der Waals surface area contributed by atoms with Crippen LogP contribution in [-0.2, 0) is 20.7 Å². The first-order valence-corrected chi connectivity index (χ1v) is 11.2. The van der Waals surface area contributed by atoms with Crippen molar-refractivity contribution in [2.45, 2.75) is 51.0 Å². The summed E-state index contributed by atoms with van der Waals surface area (Å²) in [4.78, 5) is 12.3. The lowest BCUT2D eigenvalue weighted by molar-refractivity contribution is -0.280. The van der Waals surface area contributed by atoms with Crippen molar-refractivity contribution in [3.8, 4) is 23.0 Å². The maximum absolute atomic E-state index is 12.3. The normalized spacial score (nSPS) is 23.9. The van der Waals surface area contributed by atoms with E-state index in [1.807, 2.05) is 19.9 Å². The third-order valence-electron chi connectivity index (χ3n) is 5.50. The Morgan fingerprint density at radius 2 is 1.78 bits per heavy atom. The van der Waals surface area contributed by atoms with E-state index >= 15 is 0 Å². The van der Waals surface area contributed by atoms with Crippen molar-refractivity contribution in [1.82, 2.24) is 0 Å². The molecule has 0 radical (unpaired) electrons. The van der Waals surface area contributed by atoms with Gasteiger partial charge in [0.2, 0.25) is 6.29 Å². The van der Waals surface area contributed by atoms with E-state index in [0.717, 1.165) is 11.6 Å². The summed E-state index contributed by atoms with van der Waals surface area (Å²) in [5, 5.41) is 59.8. The highest BCUT2D eigenvalue weighted by molar-refractivity contribution is 5.87. The summed E-state index contributed by atoms with van der Waals surface area (Å²) in [5.41, 5.74) is 2.06. The number of hydrogen-bond donors (Lipinski definition) is 6. The second kappa shape index (κ2) is 11.9. The molecule has 194 valence electrons. The lowest BCUT2D eigenvalue weighted by Crippen LogP contribution is -2.61. The molecular weight excluding hydrogens is 472 g/mol. The van der Waals surface area contributed by atoms with Crippen LogP contribution < -0.4 is 4.74 Å². The van der Waals surface area contributed by atoms with Gasteiger partial charge in [0.05, 0.1) is 6.61 Å². The summed E-state index contributed by atoms with van der Waals surface area (Å²) < 4.78 is 16.6. The zero-order valence-corrected chi connectivity index (χ0v) is 19.8. The number of phenols is 3. The smallest absolute Gasteiger partial charge is 0.331 e. The van der Waals surface area contributed by atoms with Gasteiger partial charge in [-0.3, -0.25) is 0 Å². The largest absolute Gasteiger partial charge is 0.508 e. The van der Waals surface area contributed by atoms with Crippen LogP contribution in [0.25, 0.3) is 6.08 Å². The van der Waals surface area contributed by atoms with Crippen molar-refractivity contribution in [2.75, 3.05) is 6.61 Å². The number of aliphatic hydroxyl groups is 3. The molecule has 0 amide bonds. The van der Waals surface area contributed by atoms with Crippen molar-refractivity contribution in [2.24, 2.45) is 0 Å². The average Bonchev–Trinajstić information content (AvgIpc) is 2.84. The lowest BCUT2D eigenvalue weighted by Gasteiger charge is -2.41. The Hall–Kier alpha value is -3.57. The molecule has 2 aromatic rings. The molecule has 6 N–H and O–H groups in total. The molecule has 3 rings (SSSR count). The van der Waals surface area contributed by atoms with Crippen LogP contribution in [0.2, 0.25) is 0 Å². The van der Waals surface area contributed by atoms with Crippen molar-refractivity contribution >= 4 is 12.0 Å². The van der Waals surface area contributed by atoms with E-state index in [1.165, 1.54) is 42.5 Å². The number of carbonyl (C=O) groups is 1. The minimum Gasteiger partial charge on any atom is -0.508 e. The second-order valence-electron chi connectivity index (χ2n) is 8.59. The van der Waals surface area contributed by atoms with Crippen molar-refractivity contribution < 1.29 is 49.6 Å². The number of rotatable bonds is 8. The molecule has 0 aromatic heterocycles. The molecule has 1 aliphatic heterocycles. The van der Waals surface area contributed by atoms with Gasteiger partial charge in [0.25, 0.3) is 0 Å². The first kappa shape index (κ1) is 27.0. The summed E-state index contributed by atoms with van der Waals surface area (Å²) in [6, 6.07) is 8.34. The number of phenolic OH excluding ortho intramolecular Hbond substituents is 3. The maximum Gasteiger partial charge on any atom is 0.331 e. The van der Waals surface area contributed by atoms with Gasteiger partial charge < -0.3 is 44.8 Å². The van der Waals surface area contributed by atoms with Crippen LogP contribution in [0, 0.1) is 0 Å². The molecule has 1 heterocycles. The number of ether oxygens (including phenoxy) is 3. The first-order chi connectivity index (χ1) is 17.1. The Kier molecular flexibility index (Phi) is 8.94. The first-order valence-electron chi connectivity index (χ1n) is 11.2. The van der Waals surface area contributed by atoms with Gasteiger partial charge in [0.1, 0.15) is 29.8 Å². The molecule has 0 aliphatic carbocycles. The van der Waals surface area contributed by atoms with Crippen LogP contribution in [0.4, 0.5) is 0 Å². The standard InChI is InChI=1S/C26H30O10/c1-14(2)3-6-16-12-17(28)7-9-20(16)34-26-24(33)23(32)25(21(13-27)35-26)36-22(31)10-5-15-4-8-18(29)19(30)11-15/h3-5,7-12,21,23-30,32-33H,6,13H2,1-2H3/b10-5+/t21-,23-,24-,25-,26-/m1/s1. The van der Waals surface area contributed by atoms with Crippen LogP contribution in [0.5, 0.6) is 23.0 Å². The van der Waals surface area contributed by atoms with Gasteiger partial charge in [-0.2, -0.15) is 0 Å². The highest BCUT2D eigenvalue weighted by Gasteiger charge is 2.47. The highest BCUT2D eigenvalue weighted by Crippen LogP contribution is 2.30. The van der Waals surface area contributed by atoms with E-state index in [-0.39, 0.29) is 17.2 Å². The molecule has 1 fully saturated rings. The quantitative estimate of drug-likeness (QED) is 0.135. The number of aliphatic hydroxyl groups excluding tert-OH is 3. The van der Waals surface area contributed by atoms with Crippen molar-refractivity contribution in [1.29, 1.82) is 0 Å². The van der Waals surface area contributed by atoms with E-state index < -0.39 is 43.3 Å². The van der Waals surface area contributed by atoms with Crippen molar-refractivity contribution in [3.05, 3.63) is 65.3 Å².